The maximum absolute atomic E-state index is 13.5. The summed E-state index contributed by atoms with van der Waals surface area (Å²) in [5, 5.41) is 0. The van der Waals surface area contributed by atoms with E-state index in [0.717, 1.165) is 25.1 Å². The fourth-order valence-corrected chi connectivity index (χ4v) is 3.93. The molecule has 26 heavy (non-hydrogen) atoms. The van der Waals surface area contributed by atoms with Gasteiger partial charge in [-0.05, 0) is 73.6 Å². The van der Waals surface area contributed by atoms with E-state index < -0.39 is 5.67 Å². The number of ether oxygens (including phenoxy) is 1. The van der Waals surface area contributed by atoms with Crippen molar-refractivity contribution in [1.82, 2.24) is 4.90 Å². The molecular formula is C23H30FNO. The van der Waals surface area contributed by atoms with Crippen molar-refractivity contribution in [3.8, 4) is 16.9 Å². The summed E-state index contributed by atoms with van der Waals surface area (Å²) in [5.74, 6) is 0.925. The minimum Gasteiger partial charge on any atom is -0.494 e. The number of likely N-dealkylation sites (tertiary alicyclic amines) is 1. The van der Waals surface area contributed by atoms with Gasteiger partial charge in [0, 0.05) is 19.6 Å². The van der Waals surface area contributed by atoms with Gasteiger partial charge in [-0.3, -0.25) is 4.90 Å². The van der Waals surface area contributed by atoms with Gasteiger partial charge in [-0.2, -0.15) is 0 Å². The number of nitrogens with zero attached hydrogens (tertiary/aromatic N) is 1. The highest BCUT2D eigenvalue weighted by Gasteiger charge is 2.37. The highest BCUT2D eigenvalue weighted by Crippen LogP contribution is 2.31. The van der Waals surface area contributed by atoms with Gasteiger partial charge in [0.05, 0.1) is 6.61 Å². The van der Waals surface area contributed by atoms with Crippen molar-refractivity contribution in [2.75, 3.05) is 26.2 Å². The van der Waals surface area contributed by atoms with Crippen LogP contribution in [0.25, 0.3) is 11.1 Å². The first kappa shape index (κ1) is 18.9. The van der Waals surface area contributed by atoms with Gasteiger partial charge in [-0.25, -0.2) is 4.39 Å². The minimum absolute atomic E-state index is 0.552. The van der Waals surface area contributed by atoms with Crippen LogP contribution in [0.3, 0.4) is 0 Å². The fraction of sp³-hybridized carbons (Fsp3) is 0.478. The van der Waals surface area contributed by atoms with E-state index in [2.05, 4.69) is 62.1 Å². The normalized spacial score (nSPS) is 16.3. The lowest BCUT2D eigenvalue weighted by Crippen LogP contribution is -2.57. The van der Waals surface area contributed by atoms with Gasteiger partial charge in [0.1, 0.15) is 11.4 Å². The van der Waals surface area contributed by atoms with E-state index in [1.165, 1.54) is 27.8 Å². The smallest absolute Gasteiger partial charge is 0.133 e. The molecule has 3 heteroatoms. The van der Waals surface area contributed by atoms with Crippen molar-refractivity contribution >= 4 is 0 Å². The van der Waals surface area contributed by atoms with Crippen LogP contribution in [0.15, 0.2) is 36.4 Å². The molecule has 1 heterocycles. The van der Waals surface area contributed by atoms with E-state index in [-0.39, 0.29) is 0 Å². The topological polar surface area (TPSA) is 12.5 Å². The lowest BCUT2D eigenvalue weighted by atomic mass is 9.94. The van der Waals surface area contributed by atoms with Gasteiger partial charge in [0.25, 0.3) is 0 Å². The number of benzene rings is 2. The number of hydrogen-bond acceptors (Lipinski definition) is 2. The largest absolute Gasteiger partial charge is 0.494 e. The van der Waals surface area contributed by atoms with Crippen LogP contribution in [0, 0.1) is 13.8 Å². The molecule has 1 aliphatic rings. The van der Waals surface area contributed by atoms with Gasteiger partial charge in [-0.15, -0.1) is 0 Å². The second-order valence-corrected chi connectivity index (χ2v) is 7.81. The highest BCUT2D eigenvalue weighted by molar-refractivity contribution is 5.72. The second kappa shape index (κ2) is 7.79. The van der Waals surface area contributed by atoms with Crippen LogP contribution in [-0.2, 0) is 6.42 Å². The first-order valence-corrected chi connectivity index (χ1v) is 9.62. The van der Waals surface area contributed by atoms with Gasteiger partial charge in [-0.1, -0.05) is 31.2 Å². The Morgan fingerprint density at radius 3 is 2.42 bits per heavy atom. The van der Waals surface area contributed by atoms with Crippen LogP contribution >= 0.6 is 0 Å². The van der Waals surface area contributed by atoms with Gasteiger partial charge in [0.15, 0.2) is 0 Å². The highest BCUT2D eigenvalue weighted by atomic mass is 19.1. The monoisotopic (exact) mass is 355 g/mol. The third-order valence-corrected chi connectivity index (χ3v) is 5.12. The Labute approximate surface area is 157 Å². The van der Waals surface area contributed by atoms with Crippen LogP contribution in [0.2, 0.25) is 0 Å². The van der Waals surface area contributed by atoms with E-state index >= 15 is 0 Å². The summed E-state index contributed by atoms with van der Waals surface area (Å²) in [6.45, 7) is 10.8. The molecule has 0 aromatic heterocycles. The summed E-state index contributed by atoms with van der Waals surface area (Å²) in [4.78, 5) is 2.14. The average molecular weight is 355 g/mol. The predicted octanol–water partition coefficient (Wildman–Crippen LogP) is 5.35. The van der Waals surface area contributed by atoms with Crippen LogP contribution in [-0.4, -0.2) is 36.8 Å². The number of hydrogen-bond donors (Lipinski definition) is 0. The first-order valence-electron chi connectivity index (χ1n) is 9.62. The molecule has 0 atom stereocenters. The van der Waals surface area contributed by atoms with E-state index in [1.54, 1.807) is 6.92 Å². The molecule has 2 aromatic carbocycles. The summed E-state index contributed by atoms with van der Waals surface area (Å²) in [6.07, 6.45) is 1.97. The Morgan fingerprint density at radius 2 is 1.81 bits per heavy atom. The SMILES string of the molecule is CCc1cccc(-c2c(C)cc(OCCCN3CC(C)(F)C3)cc2C)c1. The van der Waals surface area contributed by atoms with Gasteiger partial charge >= 0.3 is 0 Å². The number of alkyl halides is 1. The zero-order valence-corrected chi connectivity index (χ0v) is 16.4. The molecule has 1 saturated heterocycles. The summed E-state index contributed by atoms with van der Waals surface area (Å²) >= 11 is 0. The summed E-state index contributed by atoms with van der Waals surface area (Å²) < 4.78 is 19.4. The van der Waals surface area contributed by atoms with Crippen molar-refractivity contribution in [3.63, 3.8) is 0 Å². The molecule has 0 N–H and O–H groups in total. The Hall–Kier alpha value is -1.87. The van der Waals surface area contributed by atoms with E-state index in [1.807, 2.05) is 0 Å². The van der Waals surface area contributed by atoms with Gasteiger partial charge < -0.3 is 4.74 Å². The second-order valence-electron chi connectivity index (χ2n) is 7.81. The molecule has 0 amide bonds. The molecule has 3 rings (SSSR count). The van der Waals surface area contributed by atoms with Crippen LogP contribution in [0.1, 0.15) is 37.0 Å². The summed E-state index contributed by atoms with van der Waals surface area (Å²) in [7, 11) is 0. The minimum atomic E-state index is -0.986. The van der Waals surface area contributed by atoms with Crippen LogP contribution < -0.4 is 4.74 Å². The van der Waals surface area contributed by atoms with E-state index in [9.17, 15) is 4.39 Å². The number of rotatable bonds is 7. The molecule has 140 valence electrons. The lowest BCUT2D eigenvalue weighted by molar-refractivity contribution is -0.0191. The molecule has 0 spiro atoms. The Bertz CT molecular complexity index is 738. The number of halogens is 1. The summed E-state index contributed by atoms with van der Waals surface area (Å²) in [5.41, 5.74) is 5.43. The molecule has 0 aliphatic carbocycles. The quantitative estimate of drug-likeness (QED) is 0.621. The molecule has 2 aromatic rings. The molecule has 2 nitrogen and oxygen atoms in total. The Kier molecular flexibility index (Phi) is 5.67. The van der Waals surface area contributed by atoms with Crippen LogP contribution in [0.4, 0.5) is 4.39 Å². The zero-order valence-electron chi connectivity index (χ0n) is 16.4. The molecule has 1 aliphatic heterocycles. The third kappa shape index (κ3) is 4.45. The van der Waals surface area contributed by atoms with Gasteiger partial charge in [0.2, 0.25) is 0 Å². The van der Waals surface area contributed by atoms with Crippen molar-refractivity contribution in [1.29, 1.82) is 0 Å². The Morgan fingerprint density at radius 1 is 1.12 bits per heavy atom. The van der Waals surface area contributed by atoms with E-state index in [0.29, 0.717) is 19.7 Å². The standard InChI is InChI=1S/C23H30FNO/c1-5-19-8-6-9-20(14-19)22-17(2)12-21(13-18(22)3)26-11-7-10-25-15-23(4,24)16-25/h6,8-9,12-14H,5,7,10-11,15-16H2,1-4H3. The molecular weight excluding hydrogens is 325 g/mol. The molecule has 0 saturated carbocycles. The van der Waals surface area contributed by atoms with Crippen molar-refractivity contribution < 1.29 is 9.13 Å². The first-order chi connectivity index (χ1) is 12.4. The zero-order chi connectivity index (χ0) is 18.7. The molecule has 0 radical (unpaired) electrons. The van der Waals surface area contributed by atoms with E-state index in [4.69, 9.17) is 4.74 Å². The molecule has 1 fully saturated rings. The third-order valence-electron chi connectivity index (χ3n) is 5.12. The van der Waals surface area contributed by atoms with Crippen molar-refractivity contribution in [2.45, 2.75) is 46.2 Å². The summed E-state index contributed by atoms with van der Waals surface area (Å²) in [6, 6.07) is 13.0. The van der Waals surface area contributed by atoms with Crippen molar-refractivity contribution in [3.05, 3.63) is 53.1 Å². The Balaban J connectivity index is 1.60. The molecule has 0 bridgehead atoms. The van der Waals surface area contributed by atoms with Crippen LogP contribution in [0.5, 0.6) is 5.75 Å². The maximum Gasteiger partial charge on any atom is 0.133 e. The predicted molar refractivity (Wildman–Crippen MR) is 107 cm³/mol. The maximum atomic E-state index is 13.5. The molecule has 0 unspecified atom stereocenters. The number of aryl methyl sites for hydroxylation is 3. The average Bonchev–Trinajstić information content (AvgIpc) is 2.56. The lowest BCUT2D eigenvalue weighted by Gasteiger charge is -2.42. The fourth-order valence-electron chi connectivity index (χ4n) is 3.93. The van der Waals surface area contributed by atoms with Crippen molar-refractivity contribution in [2.24, 2.45) is 0 Å².